The van der Waals surface area contributed by atoms with Gasteiger partial charge in [0.25, 0.3) is 0 Å². The summed E-state index contributed by atoms with van der Waals surface area (Å²) in [7, 11) is 2.15. The first-order valence-corrected chi connectivity index (χ1v) is 10.1. The van der Waals surface area contributed by atoms with Crippen LogP contribution in [0.1, 0.15) is 22.7 Å². The van der Waals surface area contributed by atoms with Crippen LogP contribution in [0.25, 0.3) is 0 Å². The average molecular weight is 380 g/mol. The third kappa shape index (κ3) is 3.08. The molecule has 5 heteroatoms. The number of rotatable bonds is 3. The maximum absolute atomic E-state index is 13.5. The molecule has 5 rings (SSSR count). The van der Waals surface area contributed by atoms with Crippen molar-refractivity contribution in [2.45, 2.75) is 12.5 Å². The largest absolute Gasteiger partial charge is 0.449 e. The summed E-state index contributed by atoms with van der Waals surface area (Å²) in [4.78, 5) is 17.1. The third-order valence-corrected chi connectivity index (χ3v) is 6.66. The second-order valence-electron chi connectivity index (χ2n) is 8.39. The smallest absolute Gasteiger partial charge is 0.410 e. The fourth-order valence-electron chi connectivity index (χ4n) is 5.13. The summed E-state index contributed by atoms with van der Waals surface area (Å²) in [5.74, 6) is 1.62. The summed E-state index contributed by atoms with van der Waals surface area (Å²) in [5.41, 5.74) is 3.25. The van der Waals surface area contributed by atoms with Gasteiger partial charge in [-0.2, -0.15) is 0 Å². The molecule has 0 spiro atoms. The molecule has 0 aromatic heterocycles. The van der Waals surface area contributed by atoms with Crippen molar-refractivity contribution >= 4 is 6.09 Å². The Labute approximate surface area is 164 Å². The van der Waals surface area contributed by atoms with E-state index in [4.69, 9.17) is 4.74 Å². The Morgan fingerprint density at radius 3 is 2.57 bits per heavy atom. The van der Waals surface area contributed by atoms with Gasteiger partial charge in [0.1, 0.15) is 5.82 Å². The van der Waals surface area contributed by atoms with E-state index < -0.39 is 0 Å². The van der Waals surface area contributed by atoms with Crippen molar-refractivity contribution in [2.75, 3.05) is 33.3 Å². The summed E-state index contributed by atoms with van der Waals surface area (Å²) in [6.45, 7) is 3.35. The van der Waals surface area contributed by atoms with Crippen LogP contribution in [0.15, 0.2) is 48.5 Å². The van der Waals surface area contributed by atoms with Crippen LogP contribution < -0.4 is 0 Å². The third-order valence-electron chi connectivity index (χ3n) is 6.66. The van der Waals surface area contributed by atoms with Crippen molar-refractivity contribution in [3.63, 3.8) is 0 Å². The van der Waals surface area contributed by atoms with E-state index in [1.807, 2.05) is 12.1 Å². The van der Waals surface area contributed by atoms with Gasteiger partial charge in [-0.3, -0.25) is 4.90 Å². The van der Waals surface area contributed by atoms with Crippen molar-refractivity contribution in [2.24, 2.45) is 17.8 Å². The van der Waals surface area contributed by atoms with E-state index in [1.54, 1.807) is 17.0 Å². The van der Waals surface area contributed by atoms with Crippen molar-refractivity contribution in [3.05, 3.63) is 71.0 Å². The first kappa shape index (κ1) is 17.7. The van der Waals surface area contributed by atoms with Gasteiger partial charge in [0.15, 0.2) is 0 Å². The number of hydrogen-bond donors (Lipinski definition) is 0. The molecule has 2 fully saturated rings. The molecule has 3 aliphatic rings. The molecule has 2 aromatic carbocycles. The van der Waals surface area contributed by atoms with Gasteiger partial charge in [-0.25, -0.2) is 9.18 Å². The first-order chi connectivity index (χ1) is 13.6. The number of ether oxygens (including phenoxy) is 1. The second kappa shape index (κ2) is 6.89. The molecule has 2 unspecified atom stereocenters. The number of halogens is 1. The molecule has 0 N–H and O–H groups in total. The molecular weight excluding hydrogens is 355 g/mol. The van der Waals surface area contributed by atoms with Gasteiger partial charge < -0.3 is 9.64 Å². The zero-order valence-corrected chi connectivity index (χ0v) is 16.1. The maximum atomic E-state index is 13.5. The first-order valence-electron chi connectivity index (χ1n) is 10.1. The predicted molar refractivity (Wildman–Crippen MR) is 104 cm³/mol. The lowest BCUT2D eigenvalue weighted by atomic mass is 9.88. The summed E-state index contributed by atoms with van der Waals surface area (Å²) in [6.07, 6.45) is 0.546. The summed E-state index contributed by atoms with van der Waals surface area (Å²) >= 11 is 0. The molecule has 0 radical (unpaired) electrons. The molecular formula is C23H25FN2O2. The Morgan fingerprint density at radius 2 is 1.82 bits per heavy atom. The summed E-state index contributed by atoms with van der Waals surface area (Å²) in [6, 6.07) is 14.4. The van der Waals surface area contributed by atoms with Gasteiger partial charge in [-0.05, 0) is 54.1 Å². The van der Waals surface area contributed by atoms with Crippen LogP contribution >= 0.6 is 0 Å². The maximum Gasteiger partial charge on any atom is 0.410 e. The Bertz CT molecular complexity index is 872. The van der Waals surface area contributed by atoms with Crippen LogP contribution in [-0.2, 0) is 11.2 Å². The fraction of sp³-hybridized carbons (Fsp3) is 0.435. The van der Waals surface area contributed by atoms with E-state index in [2.05, 4.69) is 24.1 Å². The van der Waals surface area contributed by atoms with Crippen LogP contribution in [0.3, 0.4) is 0 Å². The lowest BCUT2D eigenvalue weighted by Crippen LogP contribution is -2.41. The molecule has 1 amide bonds. The number of carbonyl (C=O) groups is 1. The van der Waals surface area contributed by atoms with Gasteiger partial charge >= 0.3 is 6.09 Å². The number of amides is 1. The van der Waals surface area contributed by atoms with Crippen molar-refractivity contribution in [1.82, 2.24) is 9.80 Å². The number of benzene rings is 2. The summed E-state index contributed by atoms with van der Waals surface area (Å²) < 4.78 is 19.2. The van der Waals surface area contributed by atoms with Crippen LogP contribution in [0.5, 0.6) is 0 Å². The monoisotopic (exact) mass is 380 g/mol. The van der Waals surface area contributed by atoms with Crippen molar-refractivity contribution < 1.29 is 13.9 Å². The lowest BCUT2D eigenvalue weighted by Gasteiger charge is -2.37. The number of carbonyl (C=O) groups excluding carboxylic acids is 1. The fourth-order valence-corrected chi connectivity index (χ4v) is 5.13. The zero-order chi connectivity index (χ0) is 19.3. The van der Waals surface area contributed by atoms with Gasteiger partial charge in [-0.15, -0.1) is 0 Å². The zero-order valence-electron chi connectivity index (χ0n) is 16.1. The normalized spacial score (nSPS) is 28.6. The van der Waals surface area contributed by atoms with Crippen molar-refractivity contribution in [3.8, 4) is 0 Å². The van der Waals surface area contributed by atoms with Crippen LogP contribution in [0.2, 0.25) is 0 Å². The van der Waals surface area contributed by atoms with Gasteiger partial charge in [0, 0.05) is 25.6 Å². The van der Waals surface area contributed by atoms with E-state index in [-0.39, 0.29) is 18.0 Å². The number of hydrogen-bond acceptors (Lipinski definition) is 3. The predicted octanol–water partition coefficient (Wildman–Crippen LogP) is 3.72. The SMILES string of the molecule is CN1CC2C(COC(=O)N3CCc4ccccc4[C@@H]3c3ccc(F)cc3)[C@@H]2C1. The molecule has 1 aliphatic carbocycles. The minimum atomic E-state index is -0.271. The average Bonchev–Trinajstić information content (AvgIpc) is 3.18. The molecule has 1 saturated heterocycles. The number of nitrogens with zero attached hydrogens (tertiary/aromatic N) is 2. The molecule has 4 atom stereocenters. The Hall–Kier alpha value is -2.40. The highest BCUT2D eigenvalue weighted by Gasteiger charge is 2.55. The molecule has 2 heterocycles. The van der Waals surface area contributed by atoms with Gasteiger partial charge in [0.05, 0.1) is 12.6 Å². The molecule has 28 heavy (non-hydrogen) atoms. The lowest BCUT2D eigenvalue weighted by molar-refractivity contribution is 0.0813. The van der Waals surface area contributed by atoms with Gasteiger partial charge in [0.2, 0.25) is 0 Å². The second-order valence-corrected chi connectivity index (χ2v) is 8.39. The van der Waals surface area contributed by atoms with E-state index >= 15 is 0 Å². The van der Waals surface area contributed by atoms with E-state index in [0.717, 1.165) is 30.6 Å². The summed E-state index contributed by atoms with van der Waals surface area (Å²) in [5, 5.41) is 0. The van der Waals surface area contributed by atoms with E-state index in [9.17, 15) is 9.18 Å². The van der Waals surface area contributed by atoms with E-state index in [0.29, 0.717) is 30.9 Å². The molecule has 1 saturated carbocycles. The highest BCUT2D eigenvalue weighted by atomic mass is 19.1. The molecule has 0 bridgehead atoms. The standard InChI is InChI=1S/C23H25FN2O2/c1-25-12-19-20(13-25)21(19)14-28-23(27)26-11-10-15-4-2-3-5-18(15)22(26)16-6-8-17(24)9-7-16/h2-9,19-22H,10-14H2,1H3/t19-,20?,21?,22+/m1/s1. The number of fused-ring (bicyclic) bond motifs is 2. The Morgan fingerprint density at radius 1 is 1.11 bits per heavy atom. The molecule has 2 aliphatic heterocycles. The quantitative estimate of drug-likeness (QED) is 0.814. The molecule has 4 nitrogen and oxygen atoms in total. The minimum Gasteiger partial charge on any atom is -0.449 e. The van der Waals surface area contributed by atoms with Crippen LogP contribution in [0.4, 0.5) is 9.18 Å². The molecule has 146 valence electrons. The highest BCUT2D eigenvalue weighted by molar-refractivity contribution is 5.70. The van der Waals surface area contributed by atoms with E-state index in [1.165, 1.54) is 17.7 Å². The Balaban J connectivity index is 1.35. The topological polar surface area (TPSA) is 32.8 Å². The van der Waals surface area contributed by atoms with Crippen LogP contribution in [-0.4, -0.2) is 49.2 Å². The molecule has 2 aromatic rings. The highest BCUT2D eigenvalue weighted by Crippen LogP contribution is 2.51. The van der Waals surface area contributed by atoms with Crippen LogP contribution in [0, 0.1) is 23.6 Å². The van der Waals surface area contributed by atoms with Crippen molar-refractivity contribution in [1.29, 1.82) is 0 Å². The number of piperidine rings is 1. The Kier molecular flexibility index (Phi) is 4.35. The number of likely N-dealkylation sites (tertiary alicyclic amines) is 1. The van der Waals surface area contributed by atoms with Gasteiger partial charge in [-0.1, -0.05) is 36.4 Å². The minimum absolute atomic E-state index is 0.233.